The molecule has 2 aliphatic rings. The van der Waals surface area contributed by atoms with Crippen LogP contribution in [0.1, 0.15) is 44.2 Å². The lowest BCUT2D eigenvalue weighted by molar-refractivity contribution is -0.123. The Labute approximate surface area is 157 Å². The molecule has 0 spiro atoms. The van der Waals surface area contributed by atoms with Gasteiger partial charge >= 0.3 is 0 Å². The third-order valence-electron chi connectivity index (χ3n) is 4.86. The van der Waals surface area contributed by atoms with E-state index in [0.29, 0.717) is 18.3 Å². The van der Waals surface area contributed by atoms with Crippen molar-refractivity contribution in [2.45, 2.75) is 49.6 Å². The van der Waals surface area contributed by atoms with Crippen LogP contribution in [0.25, 0.3) is 0 Å². The lowest BCUT2D eigenvalue weighted by Gasteiger charge is -2.32. The molecular weight excluding hydrogens is 396 g/mol. The van der Waals surface area contributed by atoms with E-state index in [0.717, 1.165) is 29.5 Å². The molecule has 0 aromatic heterocycles. The molecule has 1 aromatic rings. The Bertz CT molecular complexity index is 572. The van der Waals surface area contributed by atoms with Gasteiger partial charge in [0.2, 0.25) is 5.91 Å². The molecule has 4 atom stereocenters. The van der Waals surface area contributed by atoms with Gasteiger partial charge in [0.05, 0.1) is 6.04 Å². The van der Waals surface area contributed by atoms with Crippen molar-refractivity contribution in [3.63, 3.8) is 0 Å². The summed E-state index contributed by atoms with van der Waals surface area (Å²) in [5.74, 6) is 1.99. The number of hydrogen-bond acceptors (Lipinski definition) is 3. The fourth-order valence-corrected chi connectivity index (χ4v) is 5.06. The lowest BCUT2D eigenvalue weighted by Crippen LogP contribution is -2.37. The van der Waals surface area contributed by atoms with Crippen LogP contribution < -0.4 is 11.1 Å². The predicted molar refractivity (Wildman–Crippen MR) is 102 cm³/mol. The minimum Gasteiger partial charge on any atom is -0.349 e. The Hall–Kier alpha value is -0.230. The molecule has 3 rings (SSSR count). The highest BCUT2D eigenvalue weighted by Gasteiger charge is 2.31. The fourth-order valence-electron chi connectivity index (χ4n) is 3.53. The van der Waals surface area contributed by atoms with Gasteiger partial charge in [0.15, 0.2) is 0 Å². The maximum atomic E-state index is 12.5. The van der Waals surface area contributed by atoms with Crippen molar-refractivity contribution in [3.05, 3.63) is 28.2 Å². The highest BCUT2D eigenvalue weighted by atomic mass is 79.9. The molecular formula is C17H24BrClN2OS. The Balaban J connectivity index is 0.00000192. The third-order valence-corrected chi connectivity index (χ3v) is 6.73. The quantitative estimate of drug-likeness (QED) is 0.768. The number of rotatable bonds is 3. The number of thioether (sulfide) groups is 1. The number of benzene rings is 1. The SMILES string of the molecule is CC1CSc2ccc(Br)cc2C1NC(=O)C[C@@H]1CCC[C@H]1N.Cl. The number of nitrogens with two attached hydrogens (primary N) is 1. The van der Waals surface area contributed by atoms with Crippen LogP contribution in [0.2, 0.25) is 0 Å². The average molecular weight is 420 g/mol. The van der Waals surface area contributed by atoms with Gasteiger partial charge in [-0.2, -0.15) is 0 Å². The van der Waals surface area contributed by atoms with Crippen LogP contribution in [0, 0.1) is 11.8 Å². The van der Waals surface area contributed by atoms with Crippen LogP contribution in [0.5, 0.6) is 0 Å². The third kappa shape index (κ3) is 4.44. The monoisotopic (exact) mass is 418 g/mol. The van der Waals surface area contributed by atoms with E-state index in [1.165, 1.54) is 10.5 Å². The molecule has 1 aromatic carbocycles. The van der Waals surface area contributed by atoms with Crippen molar-refractivity contribution in [1.82, 2.24) is 5.32 Å². The van der Waals surface area contributed by atoms with Crippen LogP contribution in [-0.2, 0) is 4.79 Å². The van der Waals surface area contributed by atoms with E-state index in [1.54, 1.807) is 0 Å². The van der Waals surface area contributed by atoms with Gasteiger partial charge in [-0.25, -0.2) is 0 Å². The van der Waals surface area contributed by atoms with E-state index in [9.17, 15) is 4.79 Å². The van der Waals surface area contributed by atoms with E-state index in [-0.39, 0.29) is 30.4 Å². The van der Waals surface area contributed by atoms with Gasteiger partial charge in [-0.15, -0.1) is 24.2 Å². The molecule has 1 aliphatic heterocycles. The van der Waals surface area contributed by atoms with Crippen LogP contribution in [0.3, 0.4) is 0 Å². The number of amides is 1. The molecule has 128 valence electrons. The summed E-state index contributed by atoms with van der Waals surface area (Å²) in [6.07, 6.45) is 3.88. The summed E-state index contributed by atoms with van der Waals surface area (Å²) in [5.41, 5.74) is 7.33. The first-order valence-corrected chi connectivity index (χ1v) is 9.79. The summed E-state index contributed by atoms with van der Waals surface area (Å²) in [7, 11) is 0. The molecule has 1 amide bonds. The van der Waals surface area contributed by atoms with Crippen molar-refractivity contribution < 1.29 is 4.79 Å². The van der Waals surface area contributed by atoms with Crippen molar-refractivity contribution in [3.8, 4) is 0 Å². The second-order valence-electron chi connectivity index (χ2n) is 6.57. The Morgan fingerprint density at radius 1 is 1.43 bits per heavy atom. The summed E-state index contributed by atoms with van der Waals surface area (Å²) < 4.78 is 1.07. The highest BCUT2D eigenvalue weighted by molar-refractivity contribution is 9.10. The van der Waals surface area contributed by atoms with E-state index in [4.69, 9.17) is 5.73 Å². The van der Waals surface area contributed by atoms with Crippen molar-refractivity contribution in [2.24, 2.45) is 17.6 Å². The summed E-state index contributed by atoms with van der Waals surface area (Å²) in [6.45, 7) is 2.21. The first-order chi connectivity index (χ1) is 10.5. The number of carbonyl (C=O) groups excluding carboxylic acids is 1. The molecule has 3 nitrogen and oxygen atoms in total. The fraction of sp³-hybridized carbons (Fsp3) is 0.588. The molecule has 1 fully saturated rings. The van der Waals surface area contributed by atoms with Crippen LogP contribution >= 0.6 is 40.1 Å². The van der Waals surface area contributed by atoms with Crippen molar-refractivity contribution >= 4 is 46.0 Å². The molecule has 1 saturated carbocycles. The van der Waals surface area contributed by atoms with Crippen LogP contribution in [0.15, 0.2) is 27.6 Å². The van der Waals surface area contributed by atoms with Gasteiger partial charge in [0, 0.05) is 27.6 Å². The zero-order valence-electron chi connectivity index (χ0n) is 13.3. The van der Waals surface area contributed by atoms with E-state index in [2.05, 4.69) is 46.4 Å². The normalized spacial score (nSPS) is 29.5. The molecule has 3 N–H and O–H groups in total. The molecule has 6 heteroatoms. The second kappa shape index (κ2) is 8.24. The number of halogens is 2. The van der Waals surface area contributed by atoms with Crippen LogP contribution in [0.4, 0.5) is 0 Å². The predicted octanol–water partition coefficient (Wildman–Crippen LogP) is 4.29. The van der Waals surface area contributed by atoms with Gasteiger partial charge in [-0.1, -0.05) is 29.3 Å². The van der Waals surface area contributed by atoms with Crippen LogP contribution in [-0.4, -0.2) is 17.7 Å². The zero-order chi connectivity index (χ0) is 15.7. The molecule has 1 heterocycles. The van der Waals surface area contributed by atoms with E-state index < -0.39 is 0 Å². The smallest absolute Gasteiger partial charge is 0.220 e. The molecule has 23 heavy (non-hydrogen) atoms. The summed E-state index contributed by atoms with van der Waals surface area (Å²) in [5, 5.41) is 3.27. The largest absolute Gasteiger partial charge is 0.349 e. The lowest BCUT2D eigenvalue weighted by atomic mass is 9.94. The van der Waals surface area contributed by atoms with Gasteiger partial charge in [0.1, 0.15) is 0 Å². The van der Waals surface area contributed by atoms with Crippen molar-refractivity contribution in [1.29, 1.82) is 0 Å². The summed E-state index contributed by atoms with van der Waals surface area (Å²) in [4.78, 5) is 13.7. The summed E-state index contributed by atoms with van der Waals surface area (Å²) >= 11 is 5.42. The molecule has 2 unspecified atom stereocenters. The molecule has 1 aliphatic carbocycles. The number of carbonyl (C=O) groups is 1. The summed E-state index contributed by atoms with van der Waals surface area (Å²) in [6, 6.07) is 6.66. The number of hydrogen-bond donors (Lipinski definition) is 2. The molecule has 0 bridgehead atoms. The second-order valence-corrected chi connectivity index (χ2v) is 8.55. The minimum absolute atomic E-state index is 0. The minimum atomic E-state index is 0. The molecule has 0 saturated heterocycles. The number of nitrogens with one attached hydrogen (secondary N) is 1. The van der Waals surface area contributed by atoms with Crippen molar-refractivity contribution in [2.75, 3.05) is 5.75 Å². The number of fused-ring (bicyclic) bond motifs is 1. The zero-order valence-corrected chi connectivity index (χ0v) is 16.5. The molecule has 0 radical (unpaired) electrons. The van der Waals surface area contributed by atoms with Gasteiger partial charge in [-0.05, 0) is 48.4 Å². The first kappa shape index (κ1) is 19.1. The highest BCUT2D eigenvalue weighted by Crippen LogP contribution is 2.40. The topological polar surface area (TPSA) is 55.1 Å². The standard InChI is InChI=1S/C17H23BrN2OS.ClH/c1-10-9-22-15-6-5-12(18)8-13(15)17(10)20-16(21)7-11-3-2-4-14(11)19;/h5-6,8,10-11,14,17H,2-4,7,9,19H2,1H3,(H,20,21);1H/t10?,11-,14+,17?;/m0./s1. The maximum Gasteiger partial charge on any atom is 0.220 e. The van der Waals surface area contributed by atoms with Gasteiger partial charge in [-0.3, -0.25) is 4.79 Å². The Morgan fingerprint density at radius 3 is 2.91 bits per heavy atom. The average Bonchev–Trinajstić information content (AvgIpc) is 2.87. The Kier molecular flexibility index (Phi) is 6.84. The van der Waals surface area contributed by atoms with Gasteiger partial charge < -0.3 is 11.1 Å². The maximum absolute atomic E-state index is 12.5. The van der Waals surface area contributed by atoms with Gasteiger partial charge in [0.25, 0.3) is 0 Å². The Morgan fingerprint density at radius 2 is 2.22 bits per heavy atom. The first-order valence-electron chi connectivity index (χ1n) is 8.02. The van der Waals surface area contributed by atoms with E-state index in [1.807, 2.05) is 11.8 Å². The van der Waals surface area contributed by atoms with E-state index >= 15 is 0 Å².